The summed E-state index contributed by atoms with van der Waals surface area (Å²) in [6.07, 6.45) is 5.01. The zero-order chi connectivity index (χ0) is 13.5. The van der Waals surface area contributed by atoms with E-state index in [1.807, 2.05) is 0 Å². The molecule has 0 bridgehead atoms. The highest BCUT2D eigenvalue weighted by molar-refractivity contribution is 5.16. The molecule has 2 atom stereocenters. The fourth-order valence-electron chi connectivity index (χ4n) is 3.12. The van der Waals surface area contributed by atoms with E-state index >= 15 is 0 Å². The lowest BCUT2D eigenvalue weighted by molar-refractivity contribution is 0.126. The molecule has 2 heteroatoms. The summed E-state index contributed by atoms with van der Waals surface area (Å²) in [6.45, 7) is 8.16. The minimum atomic E-state index is 0.662. The van der Waals surface area contributed by atoms with Crippen LogP contribution in [0.3, 0.4) is 0 Å². The Kier molecular flexibility index (Phi) is 5.87. The Balaban J connectivity index is 1.95. The van der Waals surface area contributed by atoms with Gasteiger partial charge in [0.15, 0.2) is 0 Å². The summed E-state index contributed by atoms with van der Waals surface area (Å²) in [5.74, 6) is 0. The Hall–Kier alpha value is -0.860. The van der Waals surface area contributed by atoms with Gasteiger partial charge < -0.3 is 5.32 Å². The zero-order valence-electron chi connectivity index (χ0n) is 12.4. The summed E-state index contributed by atoms with van der Waals surface area (Å²) >= 11 is 0. The number of hydrogen-bond donors (Lipinski definition) is 1. The van der Waals surface area contributed by atoms with Crippen LogP contribution in [0, 0.1) is 0 Å². The largest absolute Gasteiger partial charge is 0.311 e. The molecule has 1 aromatic carbocycles. The highest BCUT2D eigenvalue weighted by Gasteiger charge is 2.26. The Bertz CT molecular complexity index is 350. The second-order valence-electron chi connectivity index (χ2n) is 5.73. The quantitative estimate of drug-likeness (QED) is 0.845. The van der Waals surface area contributed by atoms with E-state index in [0.29, 0.717) is 12.1 Å². The summed E-state index contributed by atoms with van der Waals surface area (Å²) in [7, 11) is 0. The normalized spacial score (nSPS) is 24.5. The first-order valence-electron chi connectivity index (χ1n) is 7.84. The highest BCUT2D eigenvalue weighted by atomic mass is 15.2. The van der Waals surface area contributed by atoms with Crippen molar-refractivity contribution in [3.8, 4) is 0 Å². The number of nitrogens with zero attached hydrogens (tertiary/aromatic N) is 1. The van der Waals surface area contributed by atoms with Crippen molar-refractivity contribution in [3.05, 3.63) is 35.9 Å². The van der Waals surface area contributed by atoms with Crippen LogP contribution in [0.4, 0.5) is 0 Å². The van der Waals surface area contributed by atoms with E-state index < -0.39 is 0 Å². The molecular weight excluding hydrogens is 232 g/mol. The van der Waals surface area contributed by atoms with Crippen LogP contribution in [0.1, 0.15) is 38.7 Å². The van der Waals surface area contributed by atoms with E-state index in [2.05, 4.69) is 54.4 Å². The minimum Gasteiger partial charge on any atom is -0.311 e. The fraction of sp³-hybridized carbons (Fsp3) is 0.647. The molecular formula is C17H28N2. The van der Waals surface area contributed by atoms with Gasteiger partial charge in [0, 0.05) is 25.2 Å². The minimum absolute atomic E-state index is 0.662. The van der Waals surface area contributed by atoms with Gasteiger partial charge in [-0.25, -0.2) is 0 Å². The molecule has 0 amide bonds. The molecule has 0 aliphatic carbocycles. The van der Waals surface area contributed by atoms with E-state index in [9.17, 15) is 0 Å². The molecule has 0 saturated carbocycles. The summed E-state index contributed by atoms with van der Waals surface area (Å²) in [4.78, 5) is 2.70. The lowest BCUT2D eigenvalue weighted by Gasteiger charge is -2.40. The molecule has 19 heavy (non-hydrogen) atoms. The number of nitrogens with one attached hydrogen (secondary N) is 1. The van der Waals surface area contributed by atoms with Gasteiger partial charge in [-0.15, -0.1) is 0 Å². The molecule has 1 saturated heterocycles. The third-order valence-corrected chi connectivity index (χ3v) is 4.08. The van der Waals surface area contributed by atoms with Crippen molar-refractivity contribution in [2.75, 3.05) is 19.6 Å². The first kappa shape index (κ1) is 14.5. The second-order valence-corrected chi connectivity index (χ2v) is 5.73. The second kappa shape index (κ2) is 7.66. The third kappa shape index (κ3) is 4.32. The van der Waals surface area contributed by atoms with Gasteiger partial charge in [-0.1, -0.05) is 50.6 Å². The number of rotatable bonds is 6. The van der Waals surface area contributed by atoms with E-state index in [4.69, 9.17) is 0 Å². The maximum atomic E-state index is 3.74. The van der Waals surface area contributed by atoms with Crippen LogP contribution < -0.4 is 5.32 Å². The van der Waals surface area contributed by atoms with E-state index in [1.165, 1.54) is 44.3 Å². The molecule has 1 aliphatic heterocycles. The maximum Gasteiger partial charge on any atom is 0.0261 e. The molecule has 0 aromatic heterocycles. The lowest BCUT2D eigenvalue weighted by atomic mass is 9.99. The SMILES string of the molecule is CCCC1CN(CCC)C(Cc2ccccc2)CN1. The Morgan fingerprint density at radius 3 is 2.63 bits per heavy atom. The average molecular weight is 260 g/mol. The molecule has 106 valence electrons. The van der Waals surface area contributed by atoms with Crippen molar-refractivity contribution in [3.63, 3.8) is 0 Å². The van der Waals surface area contributed by atoms with Crippen molar-refractivity contribution >= 4 is 0 Å². The van der Waals surface area contributed by atoms with Crippen molar-refractivity contribution in [2.24, 2.45) is 0 Å². The predicted octanol–water partition coefficient (Wildman–Crippen LogP) is 3.08. The Morgan fingerprint density at radius 1 is 1.16 bits per heavy atom. The first-order valence-corrected chi connectivity index (χ1v) is 7.84. The number of benzene rings is 1. The van der Waals surface area contributed by atoms with Crippen molar-refractivity contribution < 1.29 is 0 Å². The molecule has 1 aliphatic rings. The van der Waals surface area contributed by atoms with Crippen LogP contribution in [0.2, 0.25) is 0 Å². The van der Waals surface area contributed by atoms with Gasteiger partial charge in [0.05, 0.1) is 0 Å². The van der Waals surface area contributed by atoms with Crippen LogP contribution in [-0.4, -0.2) is 36.6 Å². The van der Waals surface area contributed by atoms with E-state index in [-0.39, 0.29) is 0 Å². The molecule has 2 nitrogen and oxygen atoms in total. The smallest absolute Gasteiger partial charge is 0.0261 e. The predicted molar refractivity (Wildman–Crippen MR) is 82.5 cm³/mol. The fourth-order valence-corrected chi connectivity index (χ4v) is 3.12. The summed E-state index contributed by atoms with van der Waals surface area (Å²) in [5.41, 5.74) is 1.46. The summed E-state index contributed by atoms with van der Waals surface area (Å²) in [5, 5.41) is 3.74. The Labute approximate surface area is 118 Å². The van der Waals surface area contributed by atoms with Crippen molar-refractivity contribution in [2.45, 2.75) is 51.6 Å². The molecule has 1 heterocycles. The zero-order valence-corrected chi connectivity index (χ0v) is 12.4. The molecule has 2 unspecified atom stereocenters. The highest BCUT2D eigenvalue weighted by Crippen LogP contribution is 2.15. The van der Waals surface area contributed by atoms with Gasteiger partial charge in [-0.05, 0) is 31.4 Å². The van der Waals surface area contributed by atoms with Crippen molar-refractivity contribution in [1.29, 1.82) is 0 Å². The monoisotopic (exact) mass is 260 g/mol. The van der Waals surface area contributed by atoms with Gasteiger partial charge in [-0.2, -0.15) is 0 Å². The van der Waals surface area contributed by atoms with Gasteiger partial charge in [-0.3, -0.25) is 4.90 Å². The first-order chi connectivity index (χ1) is 9.33. The van der Waals surface area contributed by atoms with Gasteiger partial charge in [0.25, 0.3) is 0 Å². The molecule has 2 rings (SSSR count). The lowest BCUT2D eigenvalue weighted by Crippen LogP contribution is -2.57. The van der Waals surface area contributed by atoms with Gasteiger partial charge in [0.1, 0.15) is 0 Å². The van der Waals surface area contributed by atoms with E-state index in [0.717, 1.165) is 6.54 Å². The van der Waals surface area contributed by atoms with Crippen LogP contribution >= 0.6 is 0 Å². The summed E-state index contributed by atoms with van der Waals surface area (Å²) in [6, 6.07) is 12.3. The van der Waals surface area contributed by atoms with Crippen molar-refractivity contribution in [1.82, 2.24) is 10.2 Å². The third-order valence-electron chi connectivity index (χ3n) is 4.08. The maximum absolute atomic E-state index is 3.74. The molecule has 0 spiro atoms. The number of piperazine rings is 1. The molecule has 1 fully saturated rings. The van der Waals surface area contributed by atoms with Crippen LogP contribution in [0.25, 0.3) is 0 Å². The van der Waals surface area contributed by atoms with Crippen LogP contribution in [0.15, 0.2) is 30.3 Å². The standard InChI is InChI=1S/C17H28N2/c1-3-8-16-14-19(11-4-2)17(13-18-16)12-15-9-6-5-7-10-15/h5-7,9-10,16-18H,3-4,8,11-14H2,1-2H3. The van der Waals surface area contributed by atoms with E-state index in [1.54, 1.807) is 0 Å². The van der Waals surface area contributed by atoms with Gasteiger partial charge in [0.2, 0.25) is 0 Å². The summed E-state index contributed by atoms with van der Waals surface area (Å²) < 4.78 is 0. The molecule has 0 radical (unpaired) electrons. The van der Waals surface area contributed by atoms with Crippen LogP contribution in [0.5, 0.6) is 0 Å². The Morgan fingerprint density at radius 2 is 1.95 bits per heavy atom. The van der Waals surface area contributed by atoms with Gasteiger partial charge >= 0.3 is 0 Å². The van der Waals surface area contributed by atoms with Crippen LogP contribution in [-0.2, 0) is 6.42 Å². The molecule has 1 aromatic rings. The average Bonchev–Trinajstić information content (AvgIpc) is 2.43. The topological polar surface area (TPSA) is 15.3 Å². The molecule has 1 N–H and O–H groups in total. The number of hydrogen-bond acceptors (Lipinski definition) is 2.